The maximum absolute atomic E-state index is 2.40. The highest BCUT2D eigenvalue weighted by atomic mass is 15.0. The van der Waals surface area contributed by atoms with Gasteiger partial charge < -0.3 is 4.57 Å². The van der Waals surface area contributed by atoms with Gasteiger partial charge in [0.15, 0.2) is 0 Å². The molecule has 0 aliphatic rings. The van der Waals surface area contributed by atoms with Gasteiger partial charge in [0.1, 0.15) is 0 Å². The van der Waals surface area contributed by atoms with Crippen LogP contribution < -0.4 is 0 Å². The highest BCUT2D eigenvalue weighted by molar-refractivity contribution is 6.09. The first kappa shape index (κ1) is 30.2. The summed E-state index contributed by atoms with van der Waals surface area (Å²) >= 11 is 0. The standard InChI is InChI=1S/C48H37N/c1-2-49-45-21-13-12-20-43(45)44-34-42(32-33-46(44)49)37-28-24-35(25-29-37)22-23-36-26-30-41(31-27-36)48(40-18-10-5-11-19-40)47(38-14-6-3-7-15-38)39-16-8-4-9-17-39/h3-34H,2H2,1H3/b23-22+. The Bertz CT molecular complexity index is 2370. The van der Waals surface area contributed by atoms with Crippen molar-refractivity contribution in [2.45, 2.75) is 13.5 Å². The van der Waals surface area contributed by atoms with E-state index in [4.69, 9.17) is 0 Å². The average molecular weight is 628 g/mol. The Hall–Kier alpha value is -6.18. The molecular formula is C48H37N. The first-order chi connectivity index (χ1) is 24.3. The fraction of sp³-hybridized carbons (Fsp3) is 0.0417. The van der Waals surface area contributed by atoms with Gasteiger partial charge in [0, 0.05) is 28.4 Å². The third kappa shape index (κ3) is 6.04. The Morgan fingerprint density at radius 2 is 0.837 bits per heavy atom. The Morgan fingerprint density at radius 1 is 0.408 bits per heavy atom. The fourth-order valence-corrected chi connectivity index (χ4v) is 7.04. The van der Waals surface area contributed by atoms with E-state index < -0.39 is 0 Å². The molecule has 0 saturated heterocycles. The van der Waals surface area contributed by atoms with Crippen molar-refractivity contribution < 1.29 is 0 Å². The molecule has 0 spiro atoms. The van der Waals surface area contributed by atoms with Gasteiger partial charge in [0.25, 0.3) is 0 Å². The lowest BCUT2D eigenvalue weighted by molar-refractivity contribution is 0.827. The summed E-state index contributed by atoms with van der Waals surface area (Å²) in [5.41, 5.74) is 14.6. The maximum atomic E-state index is 2.40. The molecule has 0 atom stereocenters. The molecule has 0 aliphatic carbocycles. The molecule has 1 heterocycles. The third-order valence-electron chi connectivity index (χ3n) is 9.44. The zero-order valence-corrected chi connectivity index (χ0v) is 27.6. The highest BCUT2D eigenvalue weighted by Gasteiger charge is 2.16. The quantitative estimate of drug-likeness (QED) is 0.148. The lowest BCUT2D eigenvalue weighted by Gasteiger charge is -2.18. The van der Waals surface area contributed by atoms with Gasteiger partial charge in [-0.2, -0.15) is 0 Å². The van der Waals surface area contributed by atoms with E-state index in [1.165, 1.54) is 77.5 Å². The summed E-state index contributed by atoms with van der Waals surface area (Å²) in [5.74, 6) is 0. The van der Waals surface area contributed by atoms with E-state index in [1.807, 2.05) is 0 Å². The molecule has 0 fully saturated rings. The van der Waals surface area contributed by atoms with Crippen molar-refractivity contribution in [3.05, 3.63) is 215 Å². The van der Waals surface area contributed by atoms with Gasteiger partial charge in [-0.05, 0) is 80.8 Å². The predicted molar refractivity (Wildman–Crippen MR) is 210 cm³/mol. The van der Waals surface area contributed by atoms with E-state index in [2.05, 4.69) is 206 Å². The molecule has 8 aromatic rings. The summed E-state index contributed by atoms with van der Waals surface area (Å²) in [4.78, 5) is 0. The van der Waals surface area contributed by atoms with Crippen molar-refractivity contribution in [3.63, 3.8) is 0 Å². The second-order valence-electron chi connectivity index (χ2n) is 12.4. The first-order valence-electron chi connectivity index (χ1n) is 17.1. The van der Waals surface area contributed by atoms with Gasteiger partial charge in [-0.1, -0.05) is 176 Å². The molecule has 0 amide bonds. The molecular weight excluding hydrogens is 591 g/mol. The van der Waals surface area contributed by atoms with Gasteiger partial charge in [-0.25, -0.2) is 0 Å². The minimum Gasteiger partial charge on any atom is -0.341 e. The second kappa shape index (κ2) is 13.5. The number of aryl methyl sites for hydroxylation is 1. The molecule has 1 nitrogen and oxygen atoms in total. The first-order valence-corrected chi connectivity index (χ1v) is 17.1. The van der Waals surface area contributed by atoms with Crippen LogP contribution in [0.15, 0.2) is 182 Å². The highest BCUT2D eigenvalue weighted by Crippen LogP contribution is 2.37. The molecule has 0 aliphatic heterocycles. The van der Waals surface area contributed by atoms with Gasteiger partial charge in [-0.3, -0.25) is 0 Å². The summed E-state index contributed by atoms with van der Waals surface area (Å²) in [6.45, 7) is 3.17. The van der Waals surface area contributed by atoms with Crippen LogP contribution in [0.3, 0.4) is 0 Å². The number of para-hydroxylation sites is 1. The average Bonchev–Trinajstić information content (AvgIpc) is 3.50. The summed E-state index contributed by atoms with van der Waals surface area (Å²) in [5, 5.41) is 2.63. The van der Waals surface area contributed by atoms with Crippen molar-refractivity contribution in [1.29, 1.82) is 0 Å². The lowest BCUT2D eigenvalue weighted by atomic mass is 9.85. The fourth-order valence-electron chi connectivity index (χ4n) is 7.04. The molecule has 1 heteroatoms. The van der Waals surface area contributed by atoms with Crippen LogP contribution >= 0.6 is 0 Å². The van der Waals surface area contributed by atoms with Crippen LogP contribution in [-0.4, -0.2) is 4.57 Å². The molecule has 0 N–H and O–H groups in total. The van der Waals surface area contributed by atoms with E-state index >= 15 is 0 Å². The second-order valence-corrected chi connectivity index (χ2v) is 12.4. The van der Waals surface area contributed by atoms with Crippen LogP contribution in [0, 0.1) is 0 Å². The lowest BCUT2D eigenvalue weighted by Crippen LogP contribution is -1.97. The van der Waals surface area contributed by atoms with Crippen LogP contribution in [0.25, 0.3) is 56.2 Å². The van der Waals surface area contributed by atoms with E-state index in [1.54, 1.807) is 0 Å². The maximum Gasteiger partial charge on any atom is 0.0491 e. The number of hydrogen-bond acceptors (Lipinski definition) is 0. The Kier molecular flexibility index (Phi) is 8.32. The Labute approximate surface area is 288 Å². The summed E-state index contributed by atoms with van der Waals surface area (Å²) < 4.78 is 2.40. The van der Waals surface area contributed by atoms with Crippen LogP contribution in [-0.2, 0) is 6.54 Å². The molecule has 0 unspecified atom stereocenters. The van der Waals surface area contributed by atoms with Crippen molar-refractivity contribution in [2.24, 2.45) is 0 Å². The zero-order chi connectivity index (χ0) is 33.0. The summed E-state index contributed by atoms with van der Waals surface area (Å²) in [6, 6.07) is 65.6. The molecule has 234 valence electrons. The van der Waals surface area contributed by atoms with E-state index in [0.29, 0.717) is 0 Å². The molecule has 7 aromatic carbocycles. The molecule has 49 heavy (non-hydrogen) atoms. The predicted octanol–water partition coefficient (Wildman–Crippen LogP) is 12.7. The number of nitrogens with zero attached hydrogens (tertiary/aromatic N) is 1. The SMILES string of the molecule is CCn1c2ccccc2c2cc(-c3ccc(/C=C/c4ccc(C(=C(c5ccccc5)c5ccccc5)c5ccccc5)cc4)cc3)ccc21. The minimum atomic E-state index is 0.959. The molecule has 0 bridgehead atoms. The molecule has 0 radical (unpaired) electrons. The molecule has 1 aromatic heterocycles. The largest absolute Gasteiger partial charge is 0.341 e. The zero-order valence-electron chi connectivity index (χ0n) is 27.6. The van der Waals surface area contributed by atoms with Crippen molar-refractivity contribution >= 4 is 45.1 Å². The van der Waals surface area contributed by atoms with Gasteiger partial charge in [-0.15, -0.1) is 0 Å². The van der Waals surface area contributed by atoms with Crippen LogP contribution in [0.2, 0.25) is 0 Å². The van der Waals surface area contributed by atoms with Crippen molar-refractivity contribution in [2.75, 3.05) is 0 Å². The number of aromatic nitrogens is 1. The van der Waals surface area contributed by atoms with E-state index in [0.717, 1.165) is 6.54 Å². The smallest absolute Gasteiger partial charge is 0.0491 e. The van der Waals surface area contributed by atoms with E-state index in [-0.39, 0.29) is 0 Å². The topological polar surface area (TPSA) is 4.93 Å². The van der Waals surface area contributed by atoms with Crippen LogP contribution in [0.4, 0.5) is 0 Å². The molecule has 0 saturated carbocycles. The van der Waals surface area contributed by atoms with Crippen molar-refractivity contribution in [3.8, 4) is 11.1 Å². The molecule has 8 rings (SSSR count). The van der Waals surface area contributed by atoms with Crippen molar-refractivity contribution in [1.82, 2.24) is 4.57 Å². The van der Waals surface area contributed by atoms with Gasteiger partial charge in [0.2, 0.25) is 0 Å². The normalized spacial score (nSPS) is 11.4. The van der Waals surface area contributed by atoms with E-state index in [9.17, 15) is 0 Å². The third-order valence-corrected chi connectivity index (χ3v) is 9.44. The number of hydrogen-bond donors (Lipinski definition) is 0. The van der Waals surface area contributed by atoms with Gasteiger partial charge in [0.05, 0.1) is 0 Å². The number of rotatable bonds is 8. The monoisotopic (exact) mass is 627 g/mol. The number of benzene rings is 7. The van der Waals surface area contributed by atoms with Gasteiger partial charge >= 0.3 is 0 Å². The van der Waals surface area contributed by atoms with Crippen LogP contribution in [0.5, 0.6) is 0 Å². The van der Waals surface area contributed by atoms with Crippen LogP contribution in [0.1, 0.15) is 40.3 Å². The minimum absolute atomic E-state index is 0.959. The Balaban J connectivity index is 1.09. The summed E-state index contributed by atoms with van der Waals surface area (Å²) in [6.07, 6.45) is 4.40. The Morgan fingerprint density at radius 3 is 1.37 bits per heavy atom. The number of fused-ring (bicyclic) bond motifs is 3. The summed E-state index contributed by atoms with van der Waals surface area (Å²) in [7, 11) is 0.